The number of aryl methyl sites for hydroxylation is 1. The molecule has 1 atom stereocenters. The maximum Gasteiger partial charge on any atom is 0.251 e. The summed E-state index contributed by atoms with van der Waals surface area (Å²) in [5.41, 5.74) is 4.94. The summed E-state index contributed by atoms with van der Waals surface area (Å²) in [7, 11) is 3.98. The van der Waals surface area contributed by atoms with Crippen LogP contribution in [0.15, 0.2) is 18.2 Å². The number of rotatable bonds is 5. The SMILES string of the molecule is Cc1cc(NN)ccc1C(=O)NCC(C)N(C)C. The Morgan fingerprint density at radius 3 is 2.61 bits per heavy atom. The first kappa shape index (κ1) is 14.5. The summed E-state index contributed by atoms with van der Waals surface area (Å²) in [5.74, 6) is 5.27. The number of nitrogens with one attached hydrogen (secondary N) is 2. The van der Waals surface area contributed by atoms with Crippen molar-refractivity contribution in [1.82, 2.24) is 10.2 Å². The molecule has 0 saturated heterocycles. The number of amides is 1. The van der Waals surface area contributed by atoms with Gasteiger partial charge in [0.1, 0.15) is 0 Å². The highest BCUT2D eigenvalue weighted by atomic mass is 16.1. The summed E-state index contributed by atoms with van der Waals surface area (Å²) in [6.07, 6.45) is 0. The van der Waals surface area contributed by atoms with E-state index in [4.69, 9.17) is 5.84 Å². The number of carbonyl (C=O) groups excluding carboxylic acids is 1. The van der Waals surface area contributed by atoms with Gasteiger partial charge in [0.25, 0.3) is 5.91 Å². The van der Waals surface area contributed by atoms with Gasteiger partial charge in [-0.15, -0.1) is 0 Å². The fourth-order valence-electron chi connectivity index (χ4n) is 1.53. The molecule has 0 aliphatic rings. The summed E-state index contributed by atoms with van der Waals surface area (Å²) < 4.78 is 0. The second-order valence-corrected chi connectivity index (χ2v) is 4.70. The van der Waals surface area contributed by atoms with E-state index < -0.39 is 0 Å². The number of benzene rings is 1. The van der Waals surface area contributed by atoms with E-state index in [-0.39, 0.29) is 5.91 Å². The third-order valence-corrected chi connectivity index (χ3v) is 3.08. The minimum absolute atomic E-state index is 0.0511. The van der Waals surface area contributed by atoms with Gasteiger partial charge < -0.3 is 15.6 Å². The van der Waals surface area contributed by atoms with Crippen LogP contribution in [0.3, 0.4) is 0 Å². The van der Waals surface area contributed by atoms with E-state index in [2.05, 4.69) is 22.6 Å². The van der Waals surface area contributed by atoms with Crippen LogP contribution in [0, 0.1) is 6.92 Å². The highest BCUT2D eigenvalue weighted by Gasteiger charge is 2.11. The van der Waals surface area contributed by atoms with Crippen molar-refractivity contribution < 1.29 is 4.79 Å². The average Bonchev–Trinajstić information content (AvgIpc) is 2.34. The molecule has 0 aromatic heterocycles. The molecule has 1 aromatic carbocycles. The molecule has 18 heavy (non-hydrogen) atoms. The van der Waals surface area contributed by atoms with Crippen molar-refractivity contribution in [3.8, 4) is 0 Å². The number of nitrogen functional groups attached to an aromatic ring is 1. The molecular formula is C13H22N4O. The zero-order valence-electron chi connectivity index (χ0n) is 11.4. The van der Waals surface area contributed by atoms with Crippen LogP contribution in [0.25, 0.3) is 0 Å². The number of hydrazine groups is 1. The first-order chi connectivity index (χ1) is 8.45. The number of likely N-dealkylation sites (N-methyl/N-ethyl adjacent to an activating group) is 1. The predicted molar refractivity (Wildman–Crippen MR) is 74.5 cm³/mol. The Bertz CT molecular complexity index is 417. The summed E-state index contributed by atoms with van der Waals surface area (Å²) >= 11 is 0. The first-order valence-corrected chi connectivity index (χ1v) is 5.97. The molecule has 0 aliphatic heterocycles. The average molecular weight is 250 g/mol. The van der Waals surface area contributed by atoms with Gasteiger partial charge in [0.05, 0.1) is 0 Å². The number of hydrogen-bond donors (Lipinski definition) is 3. The van der Waals surface area contributed by atoms with Crippen LogP contribution in [-0.2, 0) is 0 Å². The van der Waals surface area contributed by atoms with Gasteiger partial charge in [0, 0.05) is 23.8 Å². The Labute approximate surface area is 108 Å². The first-order valence-electron chi connectivity index (χ1n) is 5.97. The van der Waals surface area contributed by atoms with Crippen LogP contribution in [0.5, 0.6) is 0 Å². The van der Waals surface area contributed by atoms with Crippen LogP contribution >= 0.6 is 0 Å². The predicted octanol–water partition coefficient (Wildman–Crippen LogP) is 0.961. The maximum absolute atomic E-state index is 12.0. The minimum Gasteiger partial charge on any atom is -0.350 e. The standard InChI is InChI=1S/C13H22N4O/c1-9-7-11(16-14)5-6-12(9)13(18)15-8-10(2)17(3)4/h5-7,10,16H,8,14H2,1-4H3,(H,15,18). The van der Waals surface area contributed by atoms with Crippen LogP contribution in [0.2, 0.25) is 0 Å². The Balaban J connectivity index is 2.67. The molecule has 5 heteroatoms. The molecule has 0 bridgehead atoms. The van der Waals surface area contributed by atoms with Gasteiger partial charge in [0.2, 0.25) is 0 Å². The topological polar surface area (TPSA) is 70.4 Å². The molecule has 0 spiro atoms. The van der Waals surface area contributed by atoms with Crippen molar-refractivity contribution in [3.63, 3.8) is 0 Å². The van der Waals surface area contributed by atoms with E-state index in [1.54, 1.807) is 12.1 Å². The molecule has 1 unspecified atom stereocenters. The second-order valence-electron chi connectivity index (χ2n) is 4.70. The van der Waals surface area contributed by atoms with Gasteiger partial charge >= 0.3 is 0 Å². The van der Waals surface area contributed by atoms with Crippen molar-refractivity contribution >= 4 is 11.6 Å². The number of nitrogens with two attached hydrogens (primary N) is 1. The largest absolute Gasteiger partial charge is 0.350 e. The number of hydrogen-bond acceptors (Lipinski definition) is 4. The molecule has 0 radical (unpaired) electrons. The molecule has 0 heterocycles. The fraction of sp³-hybridized carbons (Fsp3) is 0.462. The van der Waals surface area contributed by atoms with Crippen molar-refractivity contribution in [2.75, 3.05) is 26.1 Å². The van der Waals surface area contributed by atoms with Gasteiger partial charge in [-0.05, 0) is 51.7 Å². The third kappa shape index (κ3) is 3.72. The molecule has 1 amide bonds. The monoisotopic (exact) mass is 250 g/mol. The van der Waals surface area contributed by atoms with E-state index >= 15 is 0 Å². The second kappa shape index (κ2) is 6.37. The van der Waals surface area contributed by atoms with Crippen LogP contribution in [0.4, 0.5) is 5.69 Å². The zero-order chi connectivity index (χ0) is 13.7. The van der Waals surface area contributed by atoms with Crippen LogP contribution in [-0.4, -0.2) is 37.5 Å². The Hall–Kier alpha value is -1.59. The molecule has 0 fully saturated rings. The smallest absolute Gasteiger partial charge is 0.251 e. The Kier molecular flexibility index (Phi) is 5.12. The lowest BCUT2D eigenvalue weighted by Gasteiger charge is -2.20. The normalized spacial score (nSPS) is 12.3. The zero-order valence-corrected chi connectivity index (χ0v) is 11.4. The lowest BCUT2D eigenvalue weighted by atomic mass is 10.1. The van der Waals surface area contributed by atoms with Gasteiger partial charge in [0.15, 0.2) is 0 Å². The fourth-order valence-corrected chi connectivity index (χ4v) is 1.53. The van der Waals surface area contributed by atoms with Gasteiger partial charge in [-0.3, -0.25) is 10.6 Å². The molecule has 0 saturated carbocycles. The lowest BCUT2D eigenvalue weighted by molar-refractivity contribution is 0.0943. The number of anilines is 1. The minimum atomic E-state index is -0.0511. The maximum atomic E-state index is 12.0. The highest BCUT2D eigenvalue weighted by Crippen LogP contribution is 2.14. The van der Waals surface area contributed by atoms with Crippen molar-refractivity contribution in [1.29, 1.82) is 0 Å². The van der Waals surface area contributed by atoms with E-state index in [0.29, 0.717) is 18.2 Å². The molecular weight excluding hydrogens is 228 g/mol. The van der Waals surface area contributed by atoms with E-state index in [1.165, 1.54) is 0 Å². The van der Waals surface area contributed by atoms with Gasteiger partial charge in [-0.25, -0.2) is 0 Å². The van der Waals surface area contributed by atoms with Crippen LogP contribution < -0.4 is 16.6 Å². The molecule has 1 aromatic rings. The van der Waals surface area contributed by atoms with E-state index in [0.717, 1.165) is 11.3 Å². The lowest BCUT2D eigenvalue weighted by Crippen LogP contribution is -2.38. The Morgan fingerprint density at radius 2 is 2.11 bits per heavy atom. The van der Waals surface area contributed by atoms with Crippen molar-refractivity contribution in [3.05, 3.63) is 29.3 Å². The quantitative estimate of drug-likeness (QED) is 0.538. The molecule has 5 nitrogen and oxygen atoms in total. The third-order valence-electron chi connectivity index (χ3n) is 3.08. The summed E-state index contributed by atoms with van der Waals surface area (Å²) in [6.45, 7) is 4.59. The Morgan fingerprint density at radius 1 is 1.44 bits per heavy atom. The van der Waals surface area contributed by atoms with E-state index in [9.17, 15) is 4.79 Å². The number of nitrogens with zero attached hydrogens (tertiary/aromatic N) is 1. The van der Waals surface area contributed by atoms with E-state index in [1.807, 2.05) is 27.1 Å². The van der Waals surface area contributed by atoms with Gasteiger partial charge in [-0.1, -0.05) is 0 Å². The summed E-state index contributed by atoms with van der Waals surface area (Å²) in [5, 5.41) is 2.93. The van der Waals surface area contributed by atoms with Gasteiger partial charge in [-0.2, -0.15) is 0 Å². The highest BCUT2D eigenvalue weighted by molar-refractivity contribution is 5.96. The number of carbonyl (C=O) groups is 1. The molecule has 4 N–H and O–H groups in total. The van der Waals surface area contributed by atoms with Crippen molar-refractivity contribution in [2.24, 2.45) is 5.84 Å². The summed E-state index contributed by atoms with van der Waals surface area (Å²) in [4.78, 5) is 14.1. The molecule has 100 valence electrons. The molecule has 0 aliphatic carbocycles. The molecule has 1 rings (SSSR count). The van der Waals surface area contributed by atoms with Crippen LogP contribution in [0.1, 0.15) is 22.8 Å². The van der Waals surface area contributed by atoms with Crippen molar-refractivity contribution in [2.45, 2.75) is 19.9 Å². The summed E-state index contributed by atoms with van der Waals surface area (Å²) in [6, 6.07) is 5.72.